The van der Waals surface area contributed by atoms with Gasteiger partial charge in [0.15, 0.2) is 0 Å². The van der Waals surface area contributed by atoms with Crippen LogP contribution < -0.4 is 5.73 Å². The van der Waals surface area contributed by atoms with Crippen molar-refractivity contribution in [1.82, 2.24) is 4.31 Å². The van der Waals surface area contributed by atoms with Gasteiger partial charge in [0.05, 0.1) is 4.90 Å². The van der Waals surface area contributed by atoms with Gasteiger partial charge in [0, 0.05) is 19.1 Å². The molecule has 21 heavy (non-hydrogen) atoms. The highest BCUT2D eigenvalue weighted by Gasteiger charge is 2.37. The summed E-state index contributed by atoms with van der Waals surface area (Å²) in [6.45, 7) is 7.17. The second-order valence-corrected chi connectivity index (χ2v) is 8.21. The van der Waals surface area contributed by atoms with E-state index in [0.29, 0.717) is 23.9 Å². The second-order valence-electron chi connectivity index (χ2n) is 6.32. The zero-order valence-corrected chi connectivity index (χ0v) is 14.0. The Balaban J connectivity index is 2.29. The molecule has 0 atom stereocenters. The molecule has 4 nitrogen and oxygen atoms in total. The van der Waals surface area contributed by atoms with E-state index in [1.807, 2.05) is 13.0 Å². The summed E-state index contributed by atoms with van der Waals surface area (Å²) in [5, 5.41) is 0. The first kappa shape index (κ1) is 16.5. The van der Waals surface area contributed by atoms with Crippen LogP contribution >= 0.6 is 0 Å². The van der Waals surface area contributed by atoms with E-state index in [4.69, 9.17) is 5.73 Å². The summed E-state index contributed by atoms with van der Waals surface area (Å²) in [6.07, 6.45) is 2.85. The van der Waals surface area contributed by atoms with E-state index < -0.39 is 10.0 Å². The van der Waals surface area contributed by atoms with Crippen LogP contribution in [0.5, 0.6) is 0 Å². The summed E-state index contributed by atoms with van der Waals surface area (Å²) in [6, 6.07) is 5.48. The first-order chi connectivity index (χ1) is 9.86. The number of nitrogens with two attached hydrogens (primary N) is 1. The Morgan fingerprint density at radius 2 is 2.00 bits per heavy atom. The molecule has 0 spiro atoms. The van der Waals surface area contributed by atoms with Crippen LogP contribution in [-0.4, -0.2) is 25.3 Å². The lowest BCUT2D eigenvalue weighted by Crippen LogP contribution is -2.34. The molecule has 0 radical (unpaired) electrons. The highest BCUT2D eigenvalue weighted by atomic mass is 32.2. The minimum absolute atomic E-state index is 0.191. The summed E-state index contributed by atoms with van der Waals surface area (Å²) in [4.78, 5) is 0.379. The van der Waals surface area contributed by atoms with Gasteiger partial charge in [-0.2, -0.15) is 4.31 Å². The number of hydrogen-bond donors (Lipinski definition) is 1. The van der Waals surface area contributed by atoms with Gasteiger partial charge in [0.2, 0.25) is 10.0 Å². The molecule has 0 saturated heterocycles. The Morgan fingerprint density at radius 1 is 1.33 bits per heavy atom. The van der Waals surface area contributed by atoms with Gasteiger partial charge in [-0.15, -0.1) is 0 Å². The Hall–Kier alpha value is -0.910. The summed E-state index contributed by atoms with van der Waals surface area (Å²) in [7, 11) is -3.41. The SMILES string of the molecule is Cc1ccc(S(=O)(=O)N(CCC(C)C)C2CC2)cc1CN. The topological polar surface area (TPSA) is 63.4 Å². The van der Waals surface area contributed by atoms with E-state index in [1.165, 1.54) is 0 Å². The fourth-order valence-corrected chi connectivity index (χ4v) is 4.16. The monoisotopic (exact) mass is 310 g/mol. The van der Waals surface area contributed by atoms with Crippen LogP contribution in [0.25, 0.3) is 0 Å². The number of benzene rings is 1. The zero-order chi connectivity index (χ0) is 15.6. The molecular weight excluding hydrogens is 284 g/mol. The molecule has 5 heteroatoms. The highest BCUT2D eigenvalue weighted by molar-refractivity contribution is 7.89. The van der Waals surface area contributed by atoms with E-state index in [9.17, 15) is 8.42 Å². The van der Waals surface area contributed by atoms with E-state index >= 15 is 0 Å². The molecule has 1 aliphatic rings. The van der Waals surface area contributed by atoms with Crippen molar-refractivity contribution < 1.29 is 8.42 Å². The molecule has 1 aromatic rings. The largest absolute Gasteiger partial charge is 0.326 e. The number of hydrogen-bond acceptors (Lipinski definition) is 3. The van der Waals surface area contributed by atoms with Crippen LogP contribution in [0.15, 0.2) is 23.1 Å². The number of aryl methyl sites for hydroxylation is 1. The van der Waals surface area contributed by atoms with Crippen molar-refractivity contribution >= 4 is 10.0 Å². The molecule has 0 heterocycles. The third kappa shape index (κ3) is 3.84. The maximum Gasteiger partial charge on any atom is 0.243 e. The normalized spacial score (nSPS) is 15.9. The molecule has 2 N–H and O–H groups in total. The van der Waals surface area contributed by atoms with E-state index in [-0.39, 0.29) is 6.04 Å². The standard InChI is InChI=1S/C16H26N2O2S/c1-12(2)8-9-18(15-5-6-15)21(19,20)16-7-4-13(3)14(10-16)11-17/h4,7,10,12,15H,5-6,8-9,11,17H2,1-3H3. The van der Waals surface area contributed by atoms with Crippen molar-refractivity contribution in [1.29, 1.82) is 0 Å². The van der Waals surface area contributed by atoms with Gasteiger partial charge in [0.25, 0.3) is 0 Å². The maximum absolute atomic E-state index is 12.9. The molecule has 0 aliphatic heterocycles. The lowest BCUT2D eigenvalue weighted by Gasteiger charge is -2.23. The molecule has 0 unspecified atom stereocenters. The molecule has 0 amide bonds. The van der Waals surface area contributed by atoms with Crippen molar-refractivity contribution in [3.63, 3.8) is 0 Å². The van der Waals surface area contributed by atoms with Gasteiger partial charge in [-0.05, 0) is 55.4 Å². The van der Waals surface area contributed by atoms with Crippen LogP contribution in [0.1, 0.15) is 44.2 Å². The quantitative estimate of drug-likeness (QED) is 0.842. The first-order valence-corrected chi connectivity index (χ1v) is 9.11. The lowest BCUT2D eigenvalue weighted by atomic mass is 10.1. The molecule has 118 valence electrons. The van der Waals surface area contributed by atoms with Crippen molar-refractivity contribution in [3.05, 3.63) is 29.3 Å². The van der Waals surface area contributed by atoms with E-state index in [2.05, 4.69) is 13.8 Å². The van der Waals surface area contributed by atoms with Crippen molar-refractivity contribution in [2.45, 2.75) is 57.5 Å². The predicted octanol–water partition coefficient (Wildman–Crippen LogP) is 2.65. The number of rotatable bonds is 7. The molecule has 1 fully saturated rings. The Morgan fingerprint density at radius 3 is 2.52 bits per heavy atom. The minimum atomic E-state index is -3.41. The molecule has 2 rings (SSSR count). The summed E-state index contributed by atoms with van der Waals surface area (Å²) < 4.78 is 27.5. The Bertz CT molecular complexity index is 592. The average molecular weight is 310 g/mol. The van der Waals surface area contributed by atoms with Gasteiger partial charge >= 0.3 is 0 Å². The average Bonchev–Trinajstić information content (AvgIpc) is 3.23. The molecule has 0 bridgehead atoms. The van der Waals surface area contributed by atoms with Gasteiger partial charge in [-0.3, -0.25) is 0 Å². The van der Waals surface area contributed by atoms with Gasteiger partial charge in [-0.1, -0.05) is 19.9 Å². The predicted molar refractivity (Wildman–Crippen MR) is 85.4 cm³/mol. The molecule has 1 saturated carbocycles. The van der Waals surface area contributed by atoms with Crippen molar-refractivity contribution in [3.8, 4) is 0 Å². The van der Waals surface area contributed by atoms with E-state index in [0.717, 1.165) is 30.4 Å². The van der Waals surface area contributed by atoms with Gasteiger partial charge < -0.3 is 5.73 Å². The first-order valence-electron chi connectivity index (χ1n) is 7.67. The lowest BCUT2D eigenvalue weighted by molar-refractivity contribution is 0.373. The van der Waals surface area contributed by atoms with E-state index in [1.54, 1.807) is 16.4 Å². The zero-order valence-electron chi connectivity index (χ0n) is 13.2. The third-order valence-electron chi connectivity index (χ3n) is 4.03. The second kappa shape index (κ2) is 6.46. The molecular formula is C16H26N2O2S. The highest BCUT2D eigenvalue weighted by Crippen LogP contribution is 2.33. The fourth-order valence-electron chi connectivity index (χ4n) is 2.41. The summed E-state index contributed by atoms with van der Waals surface area (Å²) in [5.41, 5.74) is 7.64. The van der Waals surface area contributed by atoms with Crippen molar-refractivity contribution in [2.24, 2.45) is 11.7 Å². The smallest absolute Gasteiger partial charge is 0.243 e. The Labute approximate surface area is 128 Å². The summed E-state index contributed by atoms with van der Waals surface area (Å²) in [5.74, 6) is 0.499. The fraction of sp³-hybridized carbons (Fsp3) is 0.625. The maximum atomic E-state index is 12.9. The van der Waals surface area contributed by atoms with Gasteiger partial charge in [0.1, 0.15) is 0 Å². The summed E-state index contributed by atoms with van der Waals surface area (Å²) >= 11 is 0. The number of nitrogens with zero attached hydrogens (tertiary/aromatic N) is 1. The van der Waals surface area contributed by atoms with Crippen LogP contribution in [-0.2, 0) is 16.6 Å². The van der Waals surface area contributed by atoms with Crippen molar-refractivity contribution in [2.75, 3.05) is 6.54 Å². The molecule has 0 aromatic heterocycles. The molecule has 1 aromatic carbocycles. The Kier molecular flexibility index (Phi) is 5.07. The van der Waals surface area contributed by atoms with Gasteiger partial charge in [-0.25, -0.2) is 8.42 Å². The minimum Gasteiger partial charge on any atom is -0.326 e. The third-order valence-corrected chi connectivity index (χ3v) is 5.98. The number of sulfonamides is 1. The van der Waals surface area contributed by atoms with Crippen LogP contribution in [0.4, 0.5) is 0 Å². The molecule has 1 aliphatic carbocycles. The van der Waals surface area contributed by atoms with Crippen LogP contribution in [0.2, 0.25) is 0 Å². The van der Waals surface area contributed by atoms with Crippen LogP contribution in [0.3, 0.4) is 0 Å². The van der Waals surface area contributed by atoms with Crippen LogP contribution in [0, 0.1) is 12.8 Å².